The zero-order valence-electron chi connectivity index (χ0n) is 21.8. The minimum absolute atomic E-state index is 0. The maximum absolute atomic E-state index is 12.3. The Kier molecular flexibility index (Phi) is 13.2. The van der Waals surface area contributed by atoms with E-state index in [-0.39, 0.29) is 81.8 Å². The first-order chi connectivity index (χ1) is 17.2. The van der Waals surface area contributed by atoms with Crippen molar-refractivity contribution in [2.24, 2.45) is 0 Å². The molecule has 15 heteroatoms. The Bertz CT molecular complexity index is 1160. The number of fused-ring (bicyclic) bond motifs is 1. The molecule has 0 bridgehead atoms. The quantitative estimate of drug-likeness (QED) is 0.143. The first-order valence-electron chi connectivity index (χ1n) is 11.4. The van der Waals surface area contributed by atoms with Gasteiger partial charge < -0.3 is 47.3 Å². The molecule has 202 valence electrons. The first kappa shape index (κ1) is 33.3. The van der Waals surface area contributed by atoms with Gasteiger partial charge in [0.2, 0.25) is 5.95 Å². The van der Waals surface area contributed by atoms with Crippen molar-refractivity contribution in [1.29, 1.82) is 0 Å². The minimum Gasteiger partial charge on any atom is -0.850 e. The van der Waals surface area contributed by atoms with E-state index in [1.54, 1.807) is 32.9 Å². The van der Waals surface area contributed by atoms with E-state index in [1.165, 1.54) is 12.1 Å². The van der Waals surface area contributed by atoms with Gasteiger partial charge in [-0.05, 0) is 30.7 Å². The molecule has 1 amide bonds. The van der Waals surface area contributed by atoms with Gasteiger partial charge in [0, 0.05) is 30.8 Å². The van der Waals surface area contributed by atoms with Gasteiger partial charge in [-0.1, -0.05) is 20.8 Å². The van der Waals surface area contributed by atoms with Gasteiger partial charge in [-0.3, -0.25) is 14.4 Å². The van der Waals surface area contributed by atoms with Crippen molar-refractivity contribution in [2.45, 2.75) is 51.3 Å². The molecule has 3 rings (SSSR count). The van der Waals surface area contributed by atoms with Gasteiger partial charge in [0.1, 0.15) is 17.5 Å². The maximum Gasteiger partial charge on any atom is 1.00 e. The summed E-state index contributed by atoms with van der Waals surface area (Å²) in [6, 6.07) is 4.93. The van der Waals surface area contributed by atoms with Crippen LogP contribution in [0.5, 0.6) is 0 Å². The van der Waals surface area contributed by atoms with Gasteiger partial charge in [-0.2, -0.15) is 4.98 Å². The number of anilines is 4. The number of rotatable bonds is 9. The summed E-state index contributed by atoms with van der Waals surface area (Å²) in [5.74, 6) is -2.55. The third-order valence-corrected chi connectivity index (χ3v) is 4.76. The molecule has 38 heavy (non-hydrogen) atoms. The third kappa shape index (κ3) is 11.8. The number of nitrogens with zero attached hydrogens (tertiary/aromatic N) is 1. The molecule has 0 saturated heterocycles. The fraction of sp³-hybridized carbons (Fsp3) is 0.435. The molecule has 2 atom stereocenters. The SMILES string of the molecule is CC(C)(C)[O-].Nc1nc(=O)c2c([nH]1)NC[C@@H](CNc1ccc(C(=O)N[C@@H](CCC(=O)O)C(=O)O)cc1)N2.[K+]. The molecule has 1 aliphatic heterocycles. The first-order valence-corrected chi connectivity index (χ1v) is 11.4. The normalized spacial score (nSPS) is 14.6. The number of carboxylic acids is 2. The Morgan fingerprint density at radius 1 is 1.21 bits per heavy atom. The monoisotopic (exact) mass is 557 g/mol. The van der Waals surface area contributed by atoms with E-state index in [4.69, 9.17) is 15.9 Å². The summed E-state index contributed by atoms with van der Waals surface area (Å²) in [6.45, 7) is 5.87. The van der Waals surface area contributed by atoms with Crippen molar-refractivity contribution < 1.29 is 81.1 Å². The van der Waals surface area contributed by atoms with Crippen molar-refractivity contribution >= 4 is 41.0 Å². The fourth-order valence-electron chi connectivity index (χ4n) is 3.11. The average molecular weight is 558 g/mol. The molecule has 1 aromatic heterocycles. The van der Waals surface area contributed by atoms with Crippen LogP contribution in [0.2, 0.25) is 0 Å². The summed E-state index contributed by atoms with van der Waals surface area (Å²) in [5.41, 5.74) is 5.56. The molecule has 1 aliphatic rings. The van der Waals surface area contributed by atoms with Crippen LogP contribution in [0.4, 0.5) is 23.1 Å². The number of amides is 1. The van der Waals surface area contributed by atoms with Crippen LogP contribution in [0.3, 0.4) is 0 Å². The van der Waals surface area contributed by atoms with Crippen LogP contribution in [0.15, 0.2) is 29.1 Å². The molecule has 0 spiro atoms. The summed E-state index contributed by atoms with van der Waals surface area (Å²) in [6.07, 6.45) is -0.587. The number of benzene rings is 1. The third-order valence-electron chi connectivity index (χ3n) is 4.76. The van der Waals surface area contributed by atoms with Crippen LogP contribution < -0.4 is 89.1 Å². The Hall–Kier alpha value is -2.69. The van der Waals surface area contributed by atoms with Crippen molar-refractivity contribution in [3.63, 3.8) is 0 Å². The summed E-state index contributed by atoms with van der Waals surface area (Å²) in [7, 11) is 0. The number of aliphatic carboxylic acids is 2. The molecular formula is C23H32KN7O7. The number of carbonyl (C=O) groups is 3. The van der Waals surface area contributed by atoms with Gasteiger partial charge >= 0.3 is 63.3 Å². The van der Waals surface area contributed by atoms with Crippen molar-refractivity contribution in [2.75, 3.05) is 34.8 Å². The molecule has 0 aliphatic carbocycles. The van der Waals surface area contributed by atoms with Gasteiger partial charge in [0.15, 0.2) is 0 Å². The van der Waals surface area contributed by atoms with Gasteiger partial charge in [0.25, 0.3) is 11.5 Å². The van der Waals surface area contributed by atoms with E-state index < -0.39 is 35.0 Å². The number of hydrogen-bond acceptors (Lipinski definition) is 10. The predicted octanol–water partition coefficient (Wildman–Crippen LogP) is -3.13. The predicted molar refractivity (Wildman–Crippen MR) is 136 cm³/mol. The molecule has 0 radical (unpaired) electrons. The van der Waals surface area contributed by atoms with Gasteiger partial charge in [-0.15, -0.1) is 5.60 Å². The number of carbonyl (C=O) groups excluding carboxylic acids is 1. The number of H-pyrrole nitrogens is 1. The number of nitrogens with two attached hydrogens (primary N) is 1. The number of carboxylic acid groups (broad SMARTS) is 2. The average Bonchev–Trinajstić information content (AvgIpc) is 2.79. The topological polar surface area (TPSA) is 235 Å². The maximum atomic E-state index is 12.3. The van der Waals surface area contributed by atoms with Crippen LogP contribution >= 0.6 is 0 Å². The Morgan fingerprint density at radius 3 is 2.37 bits per heavy atom. The number of nitrogen functional groups attached to an aromatic ring is 1. The molecule has 1 aromatic carbocycles. The van der Waals surface area contributed by atoms with E-state index in [1.807, 2.05) is 0 Å². The van der Waals surface area contributed by atoms with Gasteiger partial charge in [-0.25, -0.2) is 4.79 Å². The van der Waals surface area contributed by atoms with Crippen molar-refractivity contribution in [3.8, 4) is 0 Å². The zero-order valence-corrected chi connectivity index (χ0v) is 24.9. The molecule has 14 nitrogen and oxygen atoms in total. The zero-order chi connectivity index (χ0) is 27.8. The van der Waals surface area contributed by atoms with E-state index in [9.17, 15) is 24.3 Å². The van der Waals surface area contributed by atoms with Crippen molar-refractivity contribution in [3.05, 3.63) is 40.2 Å². The molecule has 0 fully saturated rings. The largest absolute Gasteiger partial charge is 1.00 e. The number of aromatic amines is 1. The Labute approximate surface area is 261 Å². The molecule has 0 saturated carbocycles. The van der Waals surface area contributed by atoms with Gasteiger partial charge in [0.05, 0.1) is 6.04 Å². The summed E-state index contributed by atoms with van der Waals surface area (Å²) < 4.78 is 0. The fourth-order valence-corrected chi connectivity index (χ4v) is 3.11. The van der Waals surface area contributed by atoms with E-state index in [0.29, 0.717) is 30.3 Å². The molecule has 0 unspecified atom stereocenters. The molecule has 2 aromatic rings. The minimum atomic E-state index is -1.30. The summed E-state index contributed by atoms with van der Waals surface area (Å²) in [4.78, 5) is 52.5. The Morgan fingerprint density at radius 2 is 1.82 bits per heavy atom. The number of hydrogen-bond donors (Lipinski definition) is 8. The molecule has 2 heterocycles. The second-order valence-electron chi connectivity index (χ2n) is 9.27. The second-order valence-corrected chi connectivity index (χ2v) is 9.27. The van der Waals surface area contributed by atoms with E-state index in [2.05, 4.69) is 31.2 Å². The van der Waals surface area contributed by atoms with E-state index >= 15 is 0 Å². The van der Waals surface area contributed by atoms with Crippen molar-refractivity contribution in [1.82, 2.24) is 15.3 Å². The van der Waals surface area contributed by atoms with E-state index in [0.717, 1.165) is 0 Å². The standard InChI is InChI=1S/C19H23N7O6.C4H9O.K/c20-19-25-15-14(17(30)26-19)23-11(8-22-15)7-21-10-3-1-9(2-4-10)16(29)24-12(18(31)32)5-6-13(27)28;1-4(2,3)5;/h1-4,11-12,21,23H,5-8H2,(H,24,29)(H,27,28)(H,31,32)(H4,20,22,25,26,30);1-3H3;/q;-1;+1/t11-,12+;;/m1../s1. The number of aromatic nitrogens is 2. The van der Waals surface area contributed by atoms with Crippen LogP contribution in [-0.4, -0.2) is 68.8 Å². The number of nitrogens with one attached hydrogen (secondary N) is 5. The van der Waals surface area contributed by atoms with Crippen LogP contribution in [0.1, 0.15) is 44.0 Å². The van der Waals surface area contributed by atoms with Crippen LogP contribution in [0.25, 0.3) is 0 Å². The van der Waals surface area contributed by atoms with Crippen LogP contribution in [0, 0.1) is 0 Å². The molecular weight excluding hydrogens is 525 g/mol. The van der Waals surface area contributed by atoms with Crippen LogP contribution in [-0.2, 0) is 9.59 Å². The molecule has 9 N–H and O–H groups in total. The second kappa shape index (κ2) is 15.0. The smallest absolute Gasteiger partial charge is 0.850 e. The Balaban J connectivity index is 0.00000110. The summed E-state index contributed by atoms with van der Waals surface area (Å²) >= 11 is 0. The summed E-state index contributed by atoms with van der Waals surface area (Å²) in [5, 5.41) is 39.6.